The van der Waals surface area contributed by atoms with E-state index >= 15 is 0 Å². The van der Waals surface area contributed by atoms with Crippen LogP contribution in [0.4, 0.5) is 0 Å². The van der Waals surface area contributed by atoms with E-state index in [9.17, 15) is 9.59 Å². The van der Waals surface area contributed by atoms with E-state index in [-0.39, 0.29) is 23.5 Å². The van der Waals surface area contributed by atoms with Gasteiger partial charge in [0.05, 0.1) is 7.11 Å². The van der Waals surface area contributed by atoms with E-state index in [1.807, 2.05) is 0 Å². The molecular formula is C28H42O4. The maximum absolute atomic E-state index is 11.8. The number of carbonyl (C=O) groups excluding carboxylic acids is 2. The topological polar surface area (TPSA) is 52.6 Å². The molecule has 4 heteroatoms. The predicted octanol–water partition coefficient (Wildman–Crippen LogP) is 6.25. The normalized spacial score (nSPS) is 41.4. The van der Waals surface area contributed by atoms with Gasteiger partial charge in [-0.15, -0.1) is 6.58 Å². The molecule has 4 rings (SSSR count). The highest BCUT2D eigenvalue weighted by Gasteiger charge is 2.59. The van der Waals surface area contributed by atoms with Crippen LogP contribution >= 0.6 is 0 Å². The molecule has 3 unspecified atom stereocenters. The zero-order chi connectivity index (χ0) is 23.1. The van der Waals surface area contributed by atoms with Crippen molar-refractivity contribution >= 4 is 11.9 Å². The lowest BCUT2D eigenvalue weighted by molar-refractivity contribution is -0.148. The number of ether oxygens (including phenoxy) is 2. The molecule has 0 aromatic carbocycles. The zero-order valence-corrected chi connectivity index (χ0v) is 20.5. The van der Waals surface area contributed by atoms with E-state index in [1.165, 1.54) is 46.1 Å². The molecule has 0 bridgehead atoms. The fourth-order valence-corrected chi connectivity index (χ4v) is 8.58. The molecule has 32 heavy (non-hydrogen) atoms. The standard InChI is InChI=1S/C28H42O4/c1-6-19(7-12-26(30)31-5)23-10-11-24-22-9-8-20-17-21(32-18(2)29)13-15-27(20,3)25(22)14-16-28(23,24)4/h6,8,19,21-25H,1,7,9-17H2,2-5H3/t19-,21+,22?,23-,24?,25?,27+,28-/m1/s1. The SMILES string of the molecule is C=C[C@H](CCC(=O)OC)[C@H]1CCC2C3CC=C4C[C@@H](OC(C)=O)CC[C@]4(C)C3CC[C@@]21C. The van der Waals surface area contributed by atoms with E-state index in [2.05, 4.69) is 32.6 Å². The summed E-state index contributed by atoms with van der Waals surface area (Å²) in [7, 11) is 1.48. The van der Waals surface area contributed by atoms with Crippen LogP contribution in [-0.2, 0) is 19.1 Å². The first-order chi connectivity index (χ1) is 15.2. The van der Waals surface area contributed by atoms with Crippen molar-refractivity contribution in [2.24, 2.45) is 40.4 Å². The molecule has 8 atom stereocenters. The molecule has 3 saturated carbocycles. The van der Waals surface area contributed by atoms with Crippen molar-refractivity contribution in [1.82, 2.24) is 0 Å². The van der Waals surface area contributed by atoms with E-state index in [0.717, 1.165) is 43.4 Å². The Morgan fingerprint density at radius 2 is 1.97 bits per heavy atom. The second-order valence-corrected chi connectivity index (χ2v) is 11.5. The van der Waals surface area contributed by atoms with Crippen molar-refractivity contribution < 1.29 is 19.1 Å². The van der Waals surface area contributed by atoms with Gasteiger partial charge in [0.2, 0.25) is 0 Å². The molecule has 0 aromatic rings. The Morgan fingerprint density at radius 3 is 2.66 bits per heavy atom. The molecule has 0 aromatic heterocycles. The third-order valence-electron chi connectivity index (χ3n) is 10.2. The molecule has 4 nitrogen and oxygen atoms in total. The van der Waals surface area contributed by atoms with Gasteiger partial charge in [-0.05, 0) is 91.8 Å². The highest BCUT2D eigenvalue weighted by Crippen LogP contribution is 2.67. The first kappa shape index (κ1) is 23.6. The fraction of sp³-hybridized carbons (Fsp3) is 0.786. The Hall–Kier alpha value is -1.58. The van der Waals surface area contributed by atoms with Crippen LogP contribution < -0.4 is 0 Å². The molecule has 178 valence electrons. The Kier molecular flexibility index (Phi) is 6.62. The summed E-state index contributed by atoms with van der Waals surface area (Å²) in [6, 6.07) is 0. The van der Waals surface area contributed by atoms with Gasteiger partial charge < -0.3 is 9.47 Å². The predicted molar refractivity (Wildman–Crippen MR) is 126 cm³/mol. The molecule has 4 aliphatic rings. The van der Waals surface area contributed by atoms with Gasteiger partial charge in [0.15, 0.2) is 0 Å². The quantitative estimate of drug-likeness (QED) is 0.360. The number of esters is 2. The summed E-state index contributed by atoms with van der Waals surface area (Å²) in [5.41, 5.74) is 2.16. The van der Waals surface area contributed by atoms with Crippen molar-refractivity contribution in [1.29, 1.82) is 0 Å². The van der Waals surface area contributed by atoms with Crippen LogP contribution in [-0.4, -0.2) is 25.2 Å². The smallest absolute Gasteiger partial charge is 0.305 e. The van der Waals surface area contributed by atoms with Gasteiger partial charge in [-0.25, -0.2) is 0 Å². The lowest BCUT2D eigenvalue weighted by Crippen LogP contribution is -2.51. The number of allylic oxidation sites excluding steroid dienone is 2. The van der Waals surface area contributed by atoms with Crippen molar-refractivity contribution in [2.75, 3.05) is 7.11 Å². The zero-order valence-electron chi connectivity index (χ0n) is 20.5. The lowest BCUT2D eigenvalue weighted by atomic mass is 9.47. The number of hydrogen-bond acceptors (Lipinski definition) is 4. The van der Waals surface area contributed by atoms with Crippen LogP contribution in [0.5, 0.6) is 0 Å². The molecule has 0 saturated heterocycles. The average Bonchev–Trinajstić information content (AvgIpc) is 3.11. The van der Waals surface area contributed by atoms with Gasteiger partial charge in [0, 0.05) is 19.8 Å². The van der Waals surface area contributed by atoms with Crippen LogP contribution in [0.15, 0.2) is 24.3 Å². The third-order valence-corrected chi connectivity index (χ3v) is 10.2. The van der Waals surface area contributed by atoms with Gasteiger partial charge in [-0.2, -0.15) is 0 Å². The van der Waals surface area contributed by atoms with Crippen LogP contribution in [0.25, 0.3) is 0 Å². The average molecular weight is 443 g/mol. The third kappa shape index (κ3) is 3.96. The maximum Gasteiger partial charge on any atom is 0.305 e. The summed E-state index contributed by atoms with van der Waals surface area (Å²) in [4.78, 5) is 23.2. The number of rotatable bonds is 6. The molecular weight excluding hydrogens is 400 g/mol. The largest absolute Gasteiger partial charge is 0.469 e. The minimum atomic E-state index is -0.151. The summed E-state index contributed by atoms with van der Waals surface area (Å²) < 4.78 is 10.5. The molecule has 0 aliphatic heterocycles. The second kappa shape index (κ2) is 8.99. The van der Waals surface area contributed by atoms with E-state index in [1.54, 1.807) is 5.57 Å². The minimum Gasteiger partial charge on any atom is -0.469 e. The molecule has 0 amide bonds. The van der Waals surface area contributed by atoms with Crippen LogP contribution in [0.3, 0.4) is 0 Å². The summed E-state index contributed by atoms with van der Waals surface area (Å²) >= 11 is 0. The molecule has 0 radical (unpaired) electrons. The minimum absolute atomic E-state index is 0.0660. The van der Waals surface area contributed by atoms with Gasteiger partial charge in [0.25, 0.3) is 0 Å². The van der Waals surface area contributed by atoms with E-state index in [0.29, 0.717) is 23.7 Å². The summed E-state index contributed by atoms with van der Waals surface area (Å²) in [5.74, 6) is 3.01. The lowest BCUT2D eigenvalue weighted by Gasteiger charge is -2.58. The molecule has 4 aliphatic carbocycles. The van der Waals surface area contributed by atoms with Crippen molar-refractivity contribution in [3.05, 3.63) is 24.3 Å². The Balaban J connectivity index is 1.51. The number of methoxy groups -OCH3 is 1. The van der Waals surface area contributed by atoms with Crippen molar-refractivity contribution in [2.45, 2.75) is 91.1 Å². The van der Waals surface area contributed by atoms with Gasteiger partial charge in [-0.1, -0.05) is 31.6 Å². The van der Waals surface area contributed by atoms with Gasteiger partial charge >= 0.3 is 11.9 Å². The molecule has 3 fully saturated rings. The summed E-state index contributed by atoms with van der Waals surface area (Å²) in [5, 5.41) is 0. The highest BCUT2D eigenvalue weighted by atomic mass is 16.5. The van der Waals surface area contributed by atoms with Crippen molar-refractivity contribution in [3.63, 3.8) is 0 Å². The van der Waals surface area contributed by atoms with Crippen LogP contribution in [0.1, 0.15) is 85.0 Å². The number of carbonyl (C=O) groups is 2. The molecule has 0 heterocycles. The van der Waals surface area contributed by atoms with E-state index < -0.39 is 0 Å². The highest BCUT2D eigenvalue weighted by molar-refractivity contribution is 5.69. The Morgan fingerprint density at radius 1 is 1.19 bits per heavy atom. The van der Waals surface area contributed by atoms with Gasteiger partial charge in [0.1, 0.15) is 6.10 Å². The second-order valence-electron chi connectivity index (χ2n) is 11.5. The number of fused-ring (bicyclic) bond motifs is 5. The summed E-state index contributed by atoms with van der Waals surface area (Å²) in [6.45, 7) is 10.7. The maximum atomic E-state index is 11.8. The number of hydrogen-bond donors (Lipinski definition) is 0. The Labute approximate surface area is 194 Å². The summed E-state index contributed by atoms with van der Waals surface area (Å²) in [6.07, 6.45) is 15.4. The van der Waals surface area contributed by atoms with Crippen LogP contribution in [0.2, 0.25) is 0 Å². The first-order valence-electron chi connectivity index (χ1n) is 12.8. The monoisotopic (exact) mass is 442 g/mol. The fourth-order valence-electron chi connectivity index (χ4n) is 8.58. The molecule has 0 N–H and O–H groups in total. The molecule has 0 spiro atoms. The van der Waals surface area contributed by atoms with Crippen molar-refractivity contribution in [3.8, 4) is 0 Å². The van der Waals surface area contributed by atoms with E-state index in [4.69, 9.17) is 9.47 Å². The Bertz CT molecular complexity index is 784. The van der Waals surface area contributed by atoms with Gasteiger partial charge in [-0.3, -0.25) is 9.59 Å². The van der Waals surface area contributed by atoms with Crippen LogP contribution in [0, 0.1) is 40.4 Å². The first-order valence-corrected chi connectivity index (χ1v) is 12.8.